The van der Waals surface area contributed by atoms with Crippen molar-refractivity contribution < 1.29 is 8.42 Å². The standard InChI is InChI=1S/C12H22BrN3O2S/c1-3-5-11(6-7-13)8-15-19(17,18)12-9-16(4-2)10-14-12/h9-11,15H,3-8H2,1-2H3. The maximum Gasteiger partial charge on any atom is 0.259 e. The van der Waals surface area contributed by atoms with Gasteiger partial charge in [0.15, 0.2) is 5.03 Å². The van der Waals surface area contributed by atoms with E-state index in [1.807, 2.05) is 6.92 Å². The van der Waals surface area contributed by atoms with Gasteiger partial charge in [0.05, 0.1) is 6.33 Å². The Bertz CT molecular complexity index is 467. The second-order valence-corrected chi connectivity index (χ2v) is 7.03. The van der Waals surface area contributed by atoms with Crippen LogP contribution in [-0.2, 0) is 16.6 Å². The SMILES string of the molecule is CCCC(CCBr)CNS(=O)(=O)c1cn(CC)cn1. The molecule has 1 unspecified atom stereocenters. The van der Waals surface area contributed by atoms with E-state index in [0.717, 1.165) is 24.6 Å². The van der Waals surface area contributed by atoms with Gasteiger partial charge in [0.1, 0.15) is 0 Å². The number of aryl methyl sites for hydroxylation is 1. The molecule has 0 aliphatic heterocycles. The minimum absolute atomic E-state index is 0.100. The minimum atomic E-state index is -3.48. The molecule has 0 saturated carbocycles. The molecule has 0 saturated heterocycles. The Kier molecular flexibility index (Phi) is 7.02. The van der Waals surface area contributed by atoms with Crippen LogP contribution in [-0.4, -0.2) is 29.8 Å². The highest BCUT2D eigenvalue weighted by molar-refractivity contribution is 9.09. The Balaban J connectivity index is 2.63. The van der Waals surface area contributed by atoms with Crippen molar-refractivity contribution in [2.75, 3.05) is 11.9 Å². The molecule has 1 N–H and O–H groups in total. The summed E-state index contributed by atoms with van der Waals surface area (Å²) in [7, 11) is -3.48. The van der Waals surface area contributed by atoms with Crippen molar-refractivity contribution >= 4 is 26.0 Å². The minimum Gasteiger partial charge on any atom is -0.336 e. The third-order valence-corrected chi connectivity index (χ3v) is 4.79. The van der Waals surface area contributed by atoms with Gasteiger partial charge in [0.25, 0.3) is 10.0 Å². The maximum absolute atomic E-state index is 12.1. The topological polar surface area (TPSA) is 64.0 Å². The number of rotatable bonds is 9. The van der Waals surface area contributed by atoms with Gasteiger partial charge in [-0.15, -0.1) is 0 Å². The third kappa shape index (κ3) is 5.24. The van der Waals surface area contributed by atoms with Crippen LogP contribution in [0.4, 0.5) is 0 Å². The van der Waals surface area contributed by atoms with Crippen LogP contribution in [0.3, 0.4) is 0 Å². The molecule has 0 radical (unpaired) electrons. The van der Waals surface area contributed by atoms with Gasteiger partial charge in [-0.2, -0.15) is 0 Å². The first-order valence-corrected chi connectivity index (χ1v) is 9.21. The molecule has 0 amide bonds. The molecule has 0 aliphatic rings. The summed E-state index contributed by atoms with van der Waals surface area (Å²) in [6, 6.07) is 0. The van der Waals surface area contributed by atoms with Crippen LogP contribution < -0.4 is 4.72 Å². The van der Waals surface area contributed by atoms with Crippen molar-refractivity contribution in [1.82, 2.24) is 14.3 Å². The molecule has 0 aliphatic carbocycles. The van der Waals surface area contributed by atoms with E-state index in [9.17, 15) is 8.42 Å². The van der Waals surface area contributed by atoms with E-state index in [0.29, 0.717) is 19.0 Å². The van der Waals surface area contributed by atoms with Gasteiger partial charge >= 0.3 is 0 Å². The molecule has 1 heterocycles. The molecule has 0 bridgehead atoms. The number of imidazole rings is 1. The van der Waals surface area contributed by atoms with Gasteiger partial charge in [-0.05, 0) is 25.7 Å². The van der Waals surface area contributed by atoms with Gasteiger partial charge in [-0.1, -0.05) is 29.3 Å². The Hall–Kier alpha value is -0.400. The van der Waals surface area contributed by atoms with Gasteiger partial charge < -0.3 is 4.57 Å². The van der Waals surface area contributed by atoms with E-state index < -0.39 is 10.0 Å². The Morgan fingerprint density at radius 2 is 2.16 bits per heavy atom. The zero-order valence-electron chi connectivity index (χ0n) is 11.5. The molecule has 110 valence electrons. The summed E-state index contributed by atoms with van der Waals surface area (Å²) in [4.78, 5) is 3.93. The van der Waals surface area contributed by atoms with Crippen LogP contribution in [0, 0.1) is 5.92 Å². The monoisotopic (exact) mass is 351 g/mol. The Labute approximate surface area is 124 Å². The Morgan fingerprint density at radius 3 is 2.68 bits per heavy atom. The average Bonchev–Trinajstić information content (AvgIpc) is 2.86. The predicted octanol–water partition coefficient (Wildman–Crippen LogP) is 2.38. The number of halogens is 1. The van der Waals surface area contributed by atoms with Gasteiger partial charge in [-0.25, -0.2) is 18.1 Å². The van der Waals surface area contributed by atoms with E-state index >= 15 is 0 Å². The average molecular weight is 352 g/mol. The number of hydrogen-bond acceptors (Lipinski definition) is 3. The highest BCUT2D eigenvalue weighted by Crippen LogP contribution is 2.13. The van der Waals surface area contributed by atoms with Crippen LogP contribution in [0.25, 0.3) is 0 Å². The molecular weight excluding hydrogens is 330 g/mol. The molecule has 1 aromatic rings. The predicted molar refractivity (Wildman–Crippen MR) is 79.9 cm³/mol. The van der Waals surface area contributed by atoms with Gasteiger partial charge in [0, 0.05) is 24.6 Å². The van der Waals surface area contributed by atoms with Gasteiger partial charge in [-0.3, -0.25) is 0 Å². The maximum atomic E-state index is 12.1. The summed E-state index contributed by atoms with van der Waals surface area (Å²) in [6.45, 7) is 5.24. The van der Waals surface area contributed by atoms with E-state index in [2.05, 4.69) is 32.6 Å². The summed E-state index contributed by atoms with van der Waals surface area (Å²) in [6.07, 6.45) is 6.15. The first-order chi connectivity index (χ1) is 9.03. The molecule has 19 heavy (non-hydrogen) atoms. The molecule has 1 rings (SSSR count). The molecule has 1 atom stereocenters. The number of nitrogens with one attached hydrogen (secondary N) is 1. The summed E-state index contributed by atoms with van der Waals surface area (Å²) in [5.74, 6) is 0.368. The van der Waals surface area contributed by atoms with Crippen molar-refractivity contribution in [2.45, 2.75) is 44.7 Å². The Morgan fingerprint density at radius 1 is 1.42 bits per heavy atom. The quantitative estimate of drug-likeness (QED) is 0.694. The van der Waals surface area contributed by atoms with Gasteiger partial charge in [0.2, 0.25) is 0 Å². The zero-order valence-corrected chi connectivity index (χ0v) is 13.9. The number of alkyl halides is 1. The summed E-state index contributed by atoms with van der Waals surface area (Å²) >= 11 is 3.41. The second kappa shape index (κ2) is 8.01. The van der Waals surface area contributed by atoms with Crippen LogP contribution in [0.5, 0.6) is 0 Å². The fourth-order valence-electron chi connectivity index (χ4n) is 1.86. The first kappa shape index (κ1) is 16.7. The molecule has 0 aromatic carbocycles. The van der Waals surface area contributed by atoms with Crippen molar-refractivity contribution in [3.8, 4) is 0 Å². The summed E-state index contributed by atoms with van der Waals surface area (Å²) in [5, 5.41) is 0.993. The molecule has 5 nitrogen and oxygen atoms in total. The highest BCUT2D eigenvalue weighted by atomic mass is 79.9. The lowest BCUT2D eigenvalue weighted by Gasteiger charge is -2.15. The van der Waals surface area contributed by atoms with Crippen molar-refractivity contribution in [3.63, 3.8) is 0 Å². The van der Waals surface area contributed by atoms with E-state index in [-0.39, 0.29) is 5.03 Å². The smallest absolute Gasteiger partial charge is 0.259 e. The fraction of sp³-hybridized carbons (Fsp3) is 0.750. The zero-order chi connectivity index (χ0) is 14.3. The van der Waals surface area contributed by atoms with Crippen molar-refractivity contribution in [2.24, 2.45) is 5.92 Å². The molecule has 0 spiro atoms. The van der Waals surface area contributed by atoms with Crippen LogP contribution in [0.2, 0.25) is 0 Å². The lowest BCUT2D eigenvalue weighted by atomic mass is 10.0. The van der Waals surface area contributed by atoms with E-state index in [1.165, 1.54) is 6.33 Å². The second-order valence-electron chi connectivity index (χ2n) is 4.53. The largest absolute Gasteiger partial charge is 0.336 e. The number of aromatic nitrogens is 2. The van der Waals surface area contributed by atoms with Crippen LogP contribution in [0.1, 0.15) is 33.1 Å². The van der Waals surface area contributed by atoms with Crippen molar-refractivity contribution in [3.05, 3.63) is 12.5 Å². The lowest BCUT2D eigenvalue weighted by Crippen LogP contribution is -2.30. The number of hydrogen-bond donors (Lipinski definition) is 1. The van der Waals surface area contributed by atoms with Crippen LogP contribution in [0.15, 0.2) is 17.6 Å². The molecule has 7 heteroatoms. The summed E-state index contributed by atoms with van der Waals surface area (Å²) < 4.78 is 28.6. The lowest BCUT2D eigenvalue weighted by molar-refractivity contribution is 0.458. The number of nitrogens with zero attached hydrogens (tertiary/aromatic N) is 2. The van der Waals surface area contributed by atoms with E-state index in [1.54, 1.807) is 10.8 Å². The van der Waals surface area contributed by atoms with Crippen molar-refractivity contribution in [1.29, 1.82) is 0 Å². The molecule has 1 aromatic heterocycles. The summed E-state index contributed by atoms with van der Waals surface area (Å²) in [5.41, 5.74) is 0. The fourth-order valence-corrected chi connectivity index (χ4v) is 3.57. The van der Waals surface area contributed by atoms with E-state index in [4.69, 9.17) is 0 Å². The third-order valence-electron chi connectivity index (χ3n) is 3.03. The number of sulfonamides is 1. The normalized spacial score (nSPS) is 13.6. The molecular formula is C12H22BrN3O2S. The molecule has 0 fully saturated rings. The van der Waals surface area contributed by atoms with Crippen LogP contribution >= 0.6 is 15.9 Å². The highest BCUT2D eigenvalue weighted by Gasteiger charge is 2.18. The first-order valence-electron chi connectivity index (χ1n) is 6.60.